The number of benzene rings is 3. The van der Waals surface area contributed by atoms with Gasteiger partial charge in [-0.15, -0.1) is 0 Å². The highest BCUT2D eigenvalue weighted by Crippen LogP contribution is 2.42. The molecule has 5 rings (SSSR count). The third kappa shape index (κ3) is 5.28. The second-order valence-corrected chi connectivity index (χ2v) is 10.5. The maximum absolute atomic E-state index is 14.3. The largest absolute Gasteiger partial charge is 0.497 e. The highest BCUT2D eigenvalue weighted by molar-refractivity contribution is 7.92. The van der Waals surface area contributed by atoms with Crippen molar-refractivity contribution in [3.8, 4) is 22.6 Å². The van der Waals surface area contributed by atoms with E-state index in [4.69, 9.17) is 14.7 Å². The molecular formula is C29H24N4O6S. The summed E-state index contributed by atoms with van der Waals surface area (Å²) in [4.78, 5) is 20.8. The number of nitrogens with one attached hydrogen (secondary N) is 1. The monoisotopic (exact) mass is 556 g/mol. The Bertz CT molecular complexity index is 1750. The van der Waals surface area contributed by atoms with Crippen LogP contribution in [0.4, 0.5) is 10.5 Å². The highest BCUT2D eigenvalue weighted by atomic mass is 32.2. The molecule has 3 aromatic carbocycles. The standard InChI is InChI=1S/C29H24N4O6S/c1-38-22-12-14-23(15-13-22)40(36,37)33(19-20-7-6-16-30-17-20)28-25-11-5-10-24(21-8-3-2-4-9-21)27(25)31-18-26(28)39-29(34)32-35/h2-18,35H,19H2,1H3,(H,32,34). The normalized spacial score (nSPS) is 11.2. The van der Waals surface area contributed by atoms with Crippen LogP contribution in [0, 0.1) is 0 Å². The third-order valence-electron chi connectivity index (χ3n) is 6.16. The van der Waals surface area contributed by atoms with Crippen LogP contribution < -0.4 is 19.3 Å². The van der Waals surface area contributed by atoms with Crippen LogP contribution in [-0.2, 0) is 16.6 Å². The number of ether oxygens (including phenoxy) is 2. The molecule has 0 bridgehead atoms. The Hall–Kier alpha value is -5.00. The summed E-state index contributed by atoms with van der Waals surface area (Å²) in [7, 11) is -2.78. The molecule has 2 aromatic heterocycles. The van der Waals surface area contributed by atoms with Gasteiger partial charge in [0.2, 0.25) is 0 Å². The molecule has 202 valence electrons. The fourth-order valence-corrected chi connectivity index (χ4v) is 5.79. The first-order valence-electron chi connectivity index (χ1n) is 12.1. The zero-order valence-corrected chi connectivity index (χ0v) is 22.1. The number of sulfonamides is 1. The van der Waals surface area contributed by atoms with Gasteiger partial charge >= 0.3 is 6.09 Å². The van der Waals surface area contributed by atoms with Gasteiger partial charge in [-0.05, 0) is 41.5 Å². The van der Waals surface area contributed by atoms with Crippen LogP contribution in [0.2, 0.25) is 0 Å². The predicted molar refractivity (Wildman–Crippen MR) is 149 cm³/mol. The van der Waals surface area contributed by atoms with Gasteiger partial charge in [-0.2, -0.15) is 0 Å². The second kappa shape index (κ2) is 11.4. The molecule has 0 fully saturated rings. The van der Waals surface area contributed by atoms with Crippen LogP contribution in [-0.4, -0.2) is 36.8 Å². The lowest BCUT2D eigenvalue weighted by molar-refractivity contribution is 0.127. The molecule has 2 N–H and O–H groups in total. The molecule has 10 nitrogen and oxygen atoms in total. The van der Waals surface area contributed by atoms with Crippen LogP contribution in [0.3, 0.4) is 0 Å². The van der Waals surface area contributed by atoms with Gasteiger partial charge in [0.15, 0.2) is 5.75 Å². The smallest absolute Gasteiger partial charge is 0.436 e. The molecule has 0 aliphatic rings. The molecule has 0 saturated heterocycles. The number of hydrogen-bond donors (Lipinski definition) is 2. The van der Waals surface area contributed by atoms with Crippen molar-refractivity contribution in [3.05, 3.63) is 109 Å². The van der Waals surface area contributed by atoms with E-state index < -0.39 is 16.1 Å². The van der Waals surface area contributed by atoms with E-state index in [1.165, 1.54) is 30.9 Å². The Kier molecular flexibility index (Phi) is 7.58. The summed E-state index contributed by atoms with van der Waals surface area (Å²) in [5.74, 6) is 0.313. The summed E-state index contributed by atoms with van der Waals surface area (Å²) in [6.07, 6.45) is 3.19. The maximum atomic E-state index is 14.3. The number of amides is 1. The SMILES string of the molecule is COc1ccc(S(=O)(=O)N(Cc2cccnc2)c2c(OC(=O)NO)cnc3c(-c4ccccc4)cccc23)cc1. The summed E-state index contributed by atoms with van der Waals surface area (Å²) in [6.45, 7) is -0.145. The number of rotatable bonds is 8. The summed E-state index contributed by atoms with van der Waals surface area (Å²) >= 11 is 0. The molecule has 0 unspecified atom stereocenters. The Morgan fingerprint density at radius 3 is 2.40 bits per heavy atom. The lowest BCUT2D eigenvalue weighted by Crippen LogP contribution is -2.32. The van der Waals surface area contributed by atoms with E-state index in [0.29, 0.717) is 22.2 Å². The van der Waals surface area contributed by atoms with E-state index in [2.05, 4.69) is 9.97 Å². The first kappa shape index (κ1) is 26.6. The van der Waals surface area contributed by atoms with E-state index in [9.17, 15) is 13.2 Å². The number of nitrogens with zero attached hydrogens (tertiary/aromatic N) is 3. The minimum Gasteiger partial charge on any atom is -0.497 e. The average Bonchev–Trinajstić information content (AvgIpc) is 3.00. The highest BCUT2D eigenvalue weighted by Gasteiger charge is 2.31. The van der Waals surface area contributed by atoms with Crippen LogP contribution >= 0.6 is 0 Å². The molecule has 0 atom stereocenters. The number of methoxy groups -OCH3 is 1. The lowest BCUT2D eigenvalue weighted by Gasteiger charge is -2.27. The Balaban J connectivity index is 1.80. The Morgan fingerprint density at radius 1 is 0.950 bits per heavy atom. The van der Waals surface area contributed by atoms with Crippen LogP contribution in [0.25, 0.3) is 22.0 Å². The van der Waals surface area contributed by atoms with E-state index in [1.807, 2.05) is 36.4 Å². The van der Waals surface area contributed by atoms with Crippen molar-refractivity contribution in [2.24, 2.45) is 0 Å². The zero-order chi connectivity index (χ0) is 28.1. The maximum Gasteiger partial charge on any atom is 0.436 e. The third-order valence-corrected chi connectivity index (χ3v) is 7.92. The number of aromatic nitrogens is 2. The first-order valence-corrected chi connectivity index (χ1v) is 13.5. The van der Waals surface area contributed by atoms with Gasteiger partial charge in [-0.3, -0.25) is 19.5 Å². The molecule has 5 aromatic rings. The fourth-order valence-electron chi connectivity index (χ4n) is 4.31. The average molecular weight is 557 g/mol. The summed E-state index contributed by atoms with van der Waals surface area (Å²) in [5.41, 5.74) is 4.17. The number of anilines is 1. The minimum atomic E-state index is -4.26. The zero-order valence-electron chi connectivity index (χ0n) is 21.3. The van der Waals surface area contributed by atoms with Gasteiger partial charge in [-0.25, -0.2) is 18.7 Å². The quantitative estimate of drug-likeness (QED) is 0.198. The minimum absolute atomic E-state index is 0.0149. The van der Waals surface area contributed by atoms with Gasteiger partial charge in [-0.1, -0.05) is 54.6 Å². The van der Waals surface area contributed by atoms with E-state index in [1.54, 1.807) is 48.8 Å². The molecule has 40 heavy (non-hydrogen) atoms. The van der Waals surface area contributed by atoms with E-state index in [0.717, 1.165) is 15.4 Å². The van der Waals surface area contributed by atoms with E-state index >= 15 is 0 Å². The number of fused-ring (bicyclic) bond motifs is 1. The van der Waals surface area contributed by atoms with Crippen LogP contribution in [0.1, 0.15) is 5.56 Å². The van der Waals surface area contributed by atoms with Crippen molar-refractivity contribution in [2.45, 2.75) is 11.4 Å². The fraction of sp³-hybridized carbons (Fsp3) is 0.0690. The first-order chi connectivity index (χ1) is 19.4. The molecule has 0 spiro atoms. The molecule has 1 amide bonds. The second-order valence-electron chi connectivity index (χ2n) is 8.59. The Labute approximate surface area is 230 Å². The van der Waals surface area contributed by atoms with Crippen molar-refractivity contribution < 1.29 is 27.9 Å². The number of hydroxylamine groups is 1. The number of para-hydroxylation sites is 1. The molecule has 0 aliphatic carbocycles. The molecule has 0 radical (unpaired) electrons. The number of carbonyl (C=O) groups excluding carboxylic acids is 1. The summed E-state index contributed by atoms with van der Waals surface area (Å²) in [5, 5.41) is 9.57. The van der Waals surface area contributed by atoms with Gasteiger partial charge in [0.05, 0.1) is 30.3 Å². The topological polar surface area (TPSA) is 131 Å². The lowest BCUT2D eigenvalue weighted by atomic mass is 10.0. The predicted octanol–water partition coefficient (Wildman–Crippen LogP) is 5.18. The van der Waals surface area contributed by atoms with Crippen molar-refractivity contribution in [3.63, 3.8) is 0 Å². The Morgan fingerprint density at radius 2 is 1.73 bits per heavy atom. The molecule has 0 aliphatic heterocycles. The molecule has 11 heteroatoms. The van der Waals surface area contributed by atoms with Gasteiger partial charge < -0.3 is 9.47 Å². The van der Waals surface area contributed by atoms with Crippen molar-refractivity contribution in [2.75, 3.05) is 11.4 Å². The molecule has 2 heterocycles. The van der Waals surface area contributed by atoms with Crippen LogP contribution in [0.15, 0.2) is 108 Å². The number of carbonyl (C=O) groups is 1. The summed E-state index contributed by atoms with van der Waals surface area (Å²) in [6, 6.07) is 24.3. The summed E-state index contributed by atoms with van der Waals surface area (Å²) < 4.78 is 40.2. The van der Waals surface area contributed by atoms with Crippen molar-refractivity contribution in [1.82, 2.24) is 15.4 Å². The van der Waals surface area contributed by atoms with Crippen molar-refractivity contribution in [1.29, 1.82) is 0 Å². The van der Waals surface area contributed by atoms with E-state index in [-0.39, 0.29) is 22.9 Å². The van der Waals surface area contributed by atoms with Gasteiger partial charge in [0.1, 0.15) is 11.4 Å². The number of pyridine rings is 2. The van der Waals surface area contributed by atoms with Gasteiger partial charge in [0, 0.05) is 23.3 Å². The molecule has 0 saturated carbocycles. The van der Waals surface area contributed by atoms with Crippen LogP contribution in [0.5, 0.6) is 11.5 Å². The van der Waals surface area contributed by atoms with Crippen molar-refractivity contribution >= 4 is 32.7 Å². The number of hydrogen-bond acceptors (Lipinski definition) is 8. The van der Waals surface area contributed by atoms with Gasteiger partial charge in [0.25, 0.3) is 10.0 Å². The molecular weight excluding hydrogens is 532 g/mol.